The van der Waals surface area contributed by atoms with Gasteiger partial charge in [0, 0.05) is 11.4 Å². The summed E-state index contributed by atoms with van der Waals surface area (Å²) in [5.74, 6) is 0.290. The lowest BCUT2D eigenvalue weighted by molar-refractivity contribution is -0.134. The second-order valence-electron chi connectivity index (χ2n) is 3.91. The molecule has 0 aliphatic heterocycles. The van der Waals surface area contributed by atoms with Gasteiger partial charge < -0.3 is 4.74 Å². The number of rotatable bonds is 4. The van der Waals surface area contributed by atoms with Crippen LogP contribution in [-0.4, -0.2) is 5.97 Å². The molecule has 2 rings (SSSR count). The van der Waals surface area contributed by atoms with E-state index < -0.39 is 0 Å². The lowest BCUT2D eigenvalue weighted by Crippen LogP contribution is -2.08. The Morgan fingerprint density at radius 3 is 2.33 bits per heavy atom. The van der Waals surface area contributed by atoms with Crippen molar-refractivity contribution in [1.82, 2.24) is 0 Å². The minimum absolute atomic E-state index is 0.235. The minimum atomic E-state index is -0.235. The van der Waals surface area contributed by atoms with Crippen molar-refractivity contribution in [1.29, 1.82) is 0 Å². The van der Waals surface area contributed by atoms with Crippen molar-refractivity contribution >= 4 is 17.6 Å². The molecule has 92 valence electrons. The van der Waals surface area contributed by atoms with Gasteiger partial charge in [-0.25, -0.2) is 0 Å². The van der Waals surface area contributed by atoms with Gasteiger partial charge in [-0.2, -0.15) is 0 Å². The standard InChI is InChI=1S/C15H13ClO2/c16-13-7-9-14(10-8-13)18-15(17)11-6-12-4-2-1-3-5-12/h1-5,7-10H,6,11H2. The summed E-state index contributed by atoms with van der Waals surface area (Å²) in [6.45, 7) is 0. The Kier molecular flexibility index (Phi) is 4.37. The van der Waals surface area contributed by atoms with Gasteiger partial charge in [-0.05, 0) is 36.2 Å². The van der Waals surface area contributed by atoms with E-state index >= 15 is 0 Å². The summed E-state index contributed by atoms with van der Waals surface area (Å²) < 4.78 is 5.19. The maximum absolute atomic E-state index is 11.6. The topological polar surface area (TPSA) is 26.3 Å². The average molecular weight is 261 g/mol. The molecule has 0 saturated heterocycles. The summed E-state index contributed by atoms with van der Waals surface area (Å²) in [6, 6.07) is 16.6. The van der Waals surface area contributed by atoms with Gasteiger partial charge in [0.1, 0.15) is 5.75 Å². The lowest BCUT2D eigenvalue weighted by atomic mass is 10.1. The van der Waals surface area contributed by atoms with Crippen LogP contribution >= 0.6 is 11.6 Å². The molecular weight excluding hydrogens is 248 g/mol. The number of carbonyl (C=O) groups is 1. The van der Waals surface area contributed by atoms with Crippen molar-refractivity contribution in [2.45, 2.75) is 12.8 Å². The number of carbonyl (C=O) groups excluding carboxylic acids is 1. The zero-order valence-electron chi connectivity index (χ0n) is 9.80. The van der Waals surface area contributed by atoms with Crippen LogP contribution < -0.4 is 4.74 Å². The van der Waals surface area contributed by atoms with Gasteiger partial charge in [-0.1, -0.05) is 41.9 Å². The summed E-state index contributed by atoms with van der Waals surface area (Å²) in [7, 11) is 0. The third-order valence-electron chi connectivity index (χ3n) is 2.51. The summed E-state index contributed by atoms with van der Waals surface area (Å²) in [5.41, 5.74) is 1.13. The molecule has 0 amide bonds. The predicted octanol–water partition coefficient (Wildman–Crippen LogP) is 3.88. The van der Waals surface area contributed by atoms with E-state index in [-0.39, 0.29) is 5.97 Å². The molecular formula is C15H13ClO2. The van der Waals surface area contributed by atoms with Crippen LogP contribution in [-0.2, 0) is 11.2 Å². The van der Waals surface area contributed by atoms with Crippen LogP contribution in [0.15, 0.2) is 54.6 Å². The van der Waals surface area contributed by atoms with E-state index in [4.69, 9.17) is 16.3 Å². The molecule has 0 radical (unpaired) electrons. The zero-order valence-corrected chi connectivity index (χ0v) is 10.6. The van der Waals surface area contributed by atoms with Gasteiger partial charge >= 0.3 is 5.97 Å². The molecule has 18 heavy (non-hydrogen) atoms. The highest BCUT2D eigenvalue weighted by Crippen LogP contribution is 2.16. The molecule has 0 N–H and O–H groups in total. The van der Waals surface area contributed by atoms with Crippen molar-refractivity contribution in [2.75, 3.05) is 0 Å². The molecule has 0 aliphatic rings. The molecule has 0 spiro atoms. The van der Waals surface area contributed by atoms with E-state index in [0.717, 1.165) is 5.56 Å². The quantitative estimate of drug-likeness (QED) is 0.616. The van der Waals surface area contributed by atoms with Crippen molar-refractivity contribution in [3.8, 4) is 5.75 Å². The number of hydrogen-bond acceptors (Lipinski definition) is 2. The van der Waals surface area contributed by atoms with E-state index in [2.05, 4.69) is 0 Å². The van der Waals surface area contributed by atoms with Gasteiger partial charge in [0.05, 0.1) is 0 Å². The van der Waals surface area contributed by atoms with Gasteiger partial charge in [-0.15, -0.1) is 0 Å². The SMILES string of the molecule is O=C(CCc1ccccc1)Oc1ccc(Cl)cc1. The molecule has 2 nitrogen and oxygen atoms in total. The summed E-state index contributed by atoms with van der Waals surface area (Å²) in [4.78, 5) is 11.6. The maximum Gasteiger partial charge on any atom is 0.311 e. The molecule has 0 atom stereocenters. The van der Waals surface area contributed by atoms with Crippen LogP contribution in [0.3, 0.4) is 0 Å². The molecule has 2 aromatic carbocycles. The molecule has 0 aromatic heterocycles. The van der Waals surface area contributed by atoms with E-state index in [1.165, 1.54) is 0 Å². The highest BCUT2D eigenvalue weighted by atomic mass is 35.5. The Balaban J connectivity index is 1.84. The highest BCUT2D eigenvalue weighted by Gasteiger charge is 2.05. The number of hydrogen-bond donors (Lipinski definition) is 0. The van der Waals surface area contributed by atoms with Crippen molar-refractivity contribution in [3.63, 3.8) is 0 Å². The first kappa shape index (κ1) is 12.7. The first-order valence-corrected chi connectivity index (χ1v) is 6.12. The third kappa shape index (κ3) is 3.90. The second kappa shape index (κ2) is 6.22. The van der Waals surface area contributed by atoms with Crippen molar-refractivity contribution < 1.29 is 9.53 Å². The Bertz CT molecular complexity index is 506. The second-order valence-corrected chi connectivity index (χ2v) is 4.35. The maximum atomic E-state index is 11.6. The Labute approximate surface area is 111 Å². The number of aryl methyl sites for hydroxylation is 1. The van der Waals surface area contributed by atoms with Gasteiger partial charge in [0.15, 0.2) is 0 Å². The van der Waals surface area contributed by atoms with Gasteiger partial charge in [-0.3, -0.25) is 4.79 Å². The Hall–Kier alpha value is -1.80. The summed E-state index contributed by atoms with van der Waals surface area (Å²) >= 11 is 5.75. The minimum Gasteiger partial charge on any atom is -0.427 e. The number of benzene rings is 2. The van der Waals surface area contributed by atoms with Crippen molar-refractivity contribution in [2.24, 2.45) is 0 Å². The summed E-state index contributed by atoms with van der Waals surface area (Å²) in [5, 5.41) is 0.624. The first-order chi connectivity index (χ1) is 8.74. The van der Waals surface area contributed by atoms with Crippen LogP contribution in [0.5, 0.6) is 5.75 Å². The van der Waals surface area contributed by atoms with Crippen LogP contribution in [0.25, 0.3) is 0 Å². The van der Waals surface area contributed by atoms with Gasteiger partial charge in [0.25, 0.3) is 0 Å². The van der Waals surface area contributed by atoms with Gasteiger partial charge in [0.2, 0.25) is 0 Å². The fraction of sp³-hybridized carbons (Fsp3) is 0.133. The number of esters is 1. The van der Waals surface area contributed by atoms with Crippen LogP contribution in [0.4, 0.5) is 0 Å². The fourth-order valence-corrected chi connectivity index (χ4v) is 1.70. The van der Waals surface area contributed by atoms with E-state index in [0.29, 0.717) is 23.6 Å². The molecule has 3 heteroatoms. The predicted molar refractivity (Wildman–Crippen MR) is 71.9 cm³/mol. The molecule has 0 bridgehead atoms. The molecule has 0 aliphatic carbocycles. The Morgan fingerprint density at radius 1 is 1.00 bits per heavy atom. The molecule has 2 aromatic rings. The third-order valence-corrected chi connectivity index (χ3v) is 2.76. The lowest BCUT2D eigenvalue weighted by Gasteiger charge is -2.04. The monoisotopic (exact) mass is 260 g/mol. The summed E-state index contributed by atoms with van der Waals surface area (Å²) in [6.07, 6.45) is 1.06. The van der Waals surface area contributed by atoms with E-state index in [9.17, 15) is 4.79 Å². The van der Waals surface area contributed by atoms with Crippen LogP contribution in [0, 0.1) is 0 Å². The smallest absolute Gasteiger partial charge is 0.311 e. The number of ether oxygens (including phenoxy) is 1. The molecule has 0 unspecified atom stereocenters. The van der Waals surface area contributed by atoms with E-state index in [1.807, 2.05) is 30.3 Å². The van der Waals surface area contributed by atoms with E-state index in [1.54, 1.807) is 24.3 Å². The van der Waals surface area contributed by atoms with Crippen LogP contribution in [0.2, 0.25) is 5.02 Å². The highest BCUT2D eigenvalue weighted by molar-refractivity contribution is 6.30. The molecule has 0 heterocycles. The fourth-order valence-electron chi connectivity index (χ4n) is 1.58. The molecule has 0 fully saturated rings. The van der Waals surface area contributed by atoms with Crippen molar-refractivity contribution in [3.05, 3.63) is 65.2 Å². The largest absolute Gasteiger partial charge is 0.427 e. The van der Waals surface area contributed by atoms with Crippen LogP contribution in [0.1, 0.15) is 12.0 Å². The zero-order chi connectivity index (χ0) is 12.8. The number of halogens is 1. The average Bonchev–Trinajstić information content (AvgIpc) is 2.40. The Morgan fingerprint density at radius 2 is 1.67 bits per heavy atom. The normalized spacial score (nSPS) is 10.1. The molecule has 0 saturated carbocycles. The first-order valence-electron chi connectivity index (χ1n) is 5.74.